The van der Waals surface area contributed by atoms with E-state index in [1.807, 2.05) is 0 Å². The quantitative estimate of drug-likeness (QED) is 0.597. The molecule has 0 atom stereocenters. The first-order valence-corrected chi connectivity index (χ1v) is 9.31. The van der Waals surface area contributed by atoms with Gasteiger partial charge in [-0.15, -0.1) is 4.98 Å². The van der Waals surface area contributed by atoms with Gasteiger partial charge in [0.1, 0.15) is 18.9 Å². The maximum atomic E-state index is 15.2. The van der Waals surface area contributed by atoms with Crippen LogP contribution in [0.15, 0.2) is 30.4 Å². The van der Waals surface area contributed by atoms with Crippen LogP contribution in [0.1, 0.15) is 43.4 Å². The number of anilines is 2. The molecular weight excluding hydrogens is 405 g/mol. The fourth-order valence-electron chi connectivity index (χ4n) is 3.64. The van der Waals surface area contributed by atoms with Crippen LogP contribution in [-0.4, -0.2) is 34.4 Å². The number of hydrogen-bond donors (Lipinski definition) is 1. The van der Waals surface area contributed by atoms with Gasteiger partial charge in [-0.1, -0.05) is 6.57 Å². The fraction of sp³-hybridized carbons (Fsp3) is 0.286. The first-order valence-electron chi connectivity index (χ1n) is 11.9. The van der Waals surface area contributed by atoms with Crippen molar-refractivity contribution >= 4 is 46.3 Å². The second-order valence-corrected chi connectivity index (χ2v) is 7.32. The lowest BCUT2D eigenvalue weighted by Crippen LogP contribution is -2.55. The first kappa shape index (κ1) is 13.8. The molecule has 30 heavy (non-hydrogen) atoms. The molecule has 4 rings (SSSR count). The minimum atomic E-state index is -2.91. The van der Waals surface area contributed by atoms with Crippen LogP contribution in [0.5, 0.6) is 0 Å². The van der Waals surface area contributed by atoms with Gasteiger partial charge in [0.05, 0.1) is 14.0 Å². The smallest absolute Gasteiger partial charge is 0.272 e. The number of pyridine rings is 1. The third-order valence-corrected chi connectivity index (χ3v) is 5.69. The van der Waals surface area contributed by atoms with Crippen LogP contribution < -0.4 is 15.1 Å². The highest BCUT2D eigenvalue weighted by atomic mass is 32.1. The van der Waals surface area contributed by atoms with E-state index in [1.54, 1.807) is 12.2 Å². The Morgan fingerprint density at radius 1 is 1.50 bits per heavy atom. The number of carbonyl (C=O) groups excluding carboxylic acids is 2. The maximum absolute atomic E-state index is 15.2. The van der Waals surface area contributed by atoms with Crippen molar-refractivity contribution in [3.63, 3.8) is 0 Å². The summed E-state index contributed by atoms with van der Waals surface area (Å²) in [4.78, 5) is 35.3. The molecule has 1 saturated heterocycles. The van der Waals surface area contributed by atoms with Crippen LogP contribution >= 0.6 is 12.2 Å². The van der Waals surface area contributed by atoms with E-state index in [-0.39, 0.29) is 41.3 Å². The van der Waals surface area contributed by atoms with Gasteiger partial charge in [-0.2, -0.15) is 0 Å². The van der Waals surface area contributed by atoms with Crippen molar-refractivity contribution in [2.45, 2.75) is 31.7 Å². The Labute approximate surface area is 186 Å². The molecule has 2 fully saturated rings. The van der Waals surface area contributed by atoms with E-state index in [0.717, 1.165) is 11.0 Å². The van der Waals surface area contributed by atoms with Gasteiger partial charge < -0.3 is 15.1 Å². The fourth-order valence-corrected chi connectivity index (χ4v) is 4.08. The van der Waals surface area contributed by atoms with Crippen molar-refractivity contribution in [1.82, 2.24) is 10.3 Å². The molecule has 2 aromatic rings. The molecular formula is C21H18FN5O2S. The molecule has 1 aromatic carbocycles. The van der Waals surface area contributed by atoms with Crippen LogP contribution in [-0.2, 0) is 4.79 Å². The zero-order valence-electron chi connectivity index (χ0n) is 21.7. The van der Waals surface area contributed by atoms with Gasteiger partial charge in [-0.3, -0.25) is 14.5 Å². The molecule has 9 heteroatoms. The number of thiocarbonyl (C=S) groups is 1. The van der Waals surface area contributed by atoms with Crippen LogP contribution in [0.2, 0.25) is 0 Å². The van der Waals surface area contributed by atoms with Gasteiger partial charge in [0, 0.05) is 16.8 Å². The second-order valence-electron chi connectivity index (χ2n) is 6.96. The molecule has 1 aliphatic carbocycles. The van der Waals surface area contributed by atoms with Gasteiger partial charge >= 0.3 is 0 Å². The number of amides is 2. The Morgan fingerprint density at radius 2 is 2.27 bits per heavy atom. The predicted octanol–water partition coefficient (Wildman–Crippen LogP) is 3.50. The van der Waals surface area contributed by atoms with E-state index >= 15 is 4.39 Å². The van der Waals surface area contributed by atoms with Gasteiger partial charge in [0.15, 0.2) is 5.11 Å². The Balaban J connectivity index is 1.85. The molecule has 2 heterocycles. The number of rotatable bonds is 3. The van der Waals surface area contributed by atoms with Gasteiger partial charge in [0.2, 0.25) is 0 Å². The summed E-state index contributed by atoms with van der Waals surface area (Å²) in [5, 5.41) is 1.42. The number of aromatic nitrogens is 1. The summed E-state index contributed by atoms with van der Waals surface area (Å²) in [7, 11) is 0. The van der Waals surface area contributed by atoms with E-state index in [0.29, 0.717) is 12.0 Å². The molecule has 2 amide bonds. The van der Waals surface area contributed by atoms with Crippen molar-refractivity contribution in [1.29, 1.82) is 0 Å². The standard InChI is InChI=1S/C21H18FN5O2S/c1-12-9-14(11-25-17(12)23-2)26-19(29)21(7-4-8-21)27(20(26)30)13-5-6-15(16(22)10-13)18(28)24-3/h5-6,9-11H,4,7-8H2,1,3H3,(H,24,28)/i3D3,5D,10D,11D. The lowest BCUT2D eigenvalue weighted by molar-refractivity contribution is -0.123. The Hall–Kier alpha value is -3.38. The molecule has 0 bridgehead atoms. The first-order chi connectivity index (χ1) is 16.7. The second kappa shape index (κ2) is 7.15. The Morgan fingerprint density at radius 3 is 2.90 bits per heavy atom. The summed E-state index contributed by atoms with van der Waals surface area (Å²) in [6, 6.07) is 0.807. The highest BCUT2D eigenvalue weighted by molar-refractivity contribution is 7.81. The minimum Gasteiger partial charge on any atom is -0.360 e. The number of benzene rings is 1. The zero-order chi connectivity index (χ0) is 26.7. The predicted molar refractivity (Wildman–Crippen MR) is 114 cm³/mol. The molecule has 1 N–H and O–H groups in total. The van der Waals surface area contributed by atoms with Crippen LogP contribution in [0.4, 0.5) is 21.6 Å². The normalized spacial score (nSPS) is 20.4. The molecule has 0 unspecified atom stereocenters. The topological polar surface area (TPSA) is 69.9 Å². The largest absolute Gasteiger partial charge is 0.360 e. The molecule has 1 aromatic heterocycles. The number of nitrogens with one attached hydrogen (secondary N) is 1. The molecule has 7 nitrogen and oxygen atoms in total. The van der Waals surface area contributed by atoms with Crippen molar-refractivity contribution in [2.24, 2.45) is 0 Å². The number of hydrogen-bond acceptors (Lipinski definition) is 4. The molecule has 2 aliphatic rings. The summed E-state index contributed by atoms with van der Waals surface area (Å²) < 4.78 is 61.7. The SMILES string of the molecule is [2H]c1cc(C(=O)NC([2H])([2H])[2H])c(F)c([2H])c1N1C(=S)N(c2cc(C)c([N+]#[C-])nc2[2H])C(=O)C12CCC2. The van der Waals surface area contributed by atoms with E-state index in [9.17, 15) is 9.59 Å². The number of nitrogens with zero attached hydrogens (tertiary/aromatic N) is 4. The molecule has 1 aliphatic heterocycles. The lowest BCUT2D eigenvalue weighted by atomic mass is 9.75. The van der Waals surface area contributed by atoms with Gasteiger partial charge in [0.25, 0.3) is 17.6 Å². The third kappa shape index (κ3) is 2.75. The highest BCUT2D eigenvalue weighted by Gasteiger charge is 2.59. The summed E-state index contributed by atoms with van der Waals surface area (Å²) in [5.41, 5.74) is -2.06. The van der Waals surface area contributed by atoms with E-state index in [4.69, 9.17) is 27.0 Å². The van der Waals surface area contributed by atoms with Crippen molar-refractivity contribution < 1.29 is 22.2 Å². The summed E-state index contributed by atoms with van der Waals surface area (Å²) in [6.07, 6.45) is 0.801. The maximum Gasteiger partial charge on any atom is 0.272 e. The Bertz CT molecular complexity index is 1390. The number of carbonyl (C=O) groups is 2. The van der Waals surface area contributed by atoms with Crippen LogP contribution in [0.25, 0.3) is 4.85 Å². The third-order valence-electron chi connectivity index (χ3n) is 5.32. The van der Waals surface area contributed by atoms with E-state index in [1.165, 1.54) is 11.0 Å². The number of halogens is 1. The Kier molecular flexibility index (Phi) is 3.28. The lowest BCUT2D eigenvalue weighted by Gasteiger charge is -2.43. The average molecular weight is 430 g/mol. The summed E-state index contributed by atoms with van der Waals surface area (Å²) in [5.74, 6) is -3.23. The molecule has 1 spiro atoms. The summed E-state index contributed by atoms with van der Waals surface area (Å²) >= 11 is 5.55. The zero-order valence-corrected chi connectivity index (χ0v) is 16.5. The van der Waals surface area contributed by atoms with Gasteiger partial charge in [-0.05, 0) is 68.2 Å². The molecule has 0 radical (unpaired) electrons. The van der Waals surface area contributed by atoms with Crippen LogP contribution in [0, 0.1) is 19.3 Å². The minimum absolute atomic E-state index is 0.00795. The number of aryl methyl sites for hydroxylation is 1. The summed E-state index contributed by atoms with van der Waals surface area (Å²) in [6.45, 7) is 5.86. The van der Waals surface area contributed by atoms with E-state index in [2.05, 4.69) is 9.83 Å². The van der Waals surface area contributed by atoms with Crippen molar-refractivity contribution in [2.75, 3.05) is 16.8 Å². The molecule has 152 valence electrons. The van der Waals surface area contributed by atoms with E-state index < -0.39 is 47.8 Å². The monoisotopic (exact) mass is 429 g/mol. The van der Waals surface area contributed by atoms with Crippen molar-refractivity contribution in [3.05, 3.63) is 58.8 Å². The highest BCUT2D eigenvalue weighted by Crippen LogP contribution is 2.48. The van der Waals surface area contributed by atoms with Gasteiger partial charge in [-0.25, -0.2) is 4.39 Å². The molecule has 1 saturated carbocycles. The average Bonchev–Trinajstić information content (AvgIpc) is 2.97. The van der Waals surface area contributed by atoms with Crippen molar-refractivity contribution in [3.8, 4) is 0 Å². The van der Waals surface area contributed by atoms with Crippen LogP contribution in [0.3, 0.4) is 0 Å².